The third kappa shape index (κ3) is 5.55. The smallest absolute Gasteiger partial charge is 0.255 e. The van der Waals surface area contributed by atoms with E-state index in [4.69, 9.17) is 0 Å². The first-order chi connectivity index (χ1) is 14.8. The molecule has 2 unspecified atom stereocenters. The van der Waals surface area contributed by atoms with E-state index in [0.29, 0.717) is 35.6 Å². The molecule has 3 aromatic heterocycles. The Kier molecular flexibility index (Phi) is 7.17. The first-order valence-electron chi connectivity index (χ1n) is 10.4. The number of carbonyl (C=O) groups excluding carboxylic acids is 1. The molecule has 0 radical (unpaired) electrons. The Hall–Kier alpha value is -3.07. The number of aryl methyl sites for hydroxylation is 1. The van der Waals surface area contributed by atoms with E-state index in [1.165, 1.54) is 6.20 Å². The molecule has 0 aromatic carbocycles. The number of hydrogen-bond acceptors (Lipinski definition) is 6. The molecular weight excluding hydrogens is 399 g/mol. The first-order valence-corrected chi connectivity index (χ1v) is 10.4. The summed E-state index contributed by atoms with van der Waals surface area (Å²) in [5.74, 6) is -0.591. The van der Waals surface area contributed by atoms with Crippen LogP contribution in [0.1, 0.15) is 43.1 Å². The lowest BCUT2D eigenvalue weighted by molar-refractivity contribution is 0.0935. The standard InChI is InChI=1S/C22H29FN6O2/c1-13(2)18(23)11-27-22(31)17-9-25-19(7-20(17)24-6-5-15(4)30)16-10-28-29-12-14(3)8-26-21(16)29/h7-10,12-13,15,18,30H,5-6,11H2,1-4H3,(H,24,25)(H,27,31). The van der Waals surface area contributed by atoms with Crippen LogP contribution in [0.3, 0.4) is 0 Å². The first kappa shape index (κ1) is 22.6. The fourth-order valence-corrected chi connectivity index (χ4v) is 3.02. The molecule has 3 heterocycles. The number of halogens is 1. The maximum Gasteiger partial charge on any atom is 0.255 e. The van der Waals surface area contributed by atoms with Crippen molar-refractivity contribution in [1.82, 2.24) is 24.9 Å². The molecule has 3 aromatic rings. The Morgan fingerprint density at radius 3 is 2.71 bits per heavy atom. The minimum atomic E-state index is -1.13. The van der Waals surface area contributed by atoms with Gasteiger partial charge < -0.3 is 15.7 Å². The summed E-state index contributed by atoms with van der Waals surface area (Å²) < 4.78 is 15.6. The lowest BCUT2D eigenvalue weighted by Crippen LogP contribution is -2.33. The molecule has 0 bridgehead atoms. The molecule has 0 aliphatic carbocycles. The molecule has 3 N–H and O–H groups in total. The third-order valence-electron chi connectivity index (χ3n) is 4.97. The second-order valence-electron chi connectivity index (χ2n) is 8.11. The van der Waals surface area contributed by atoms with Crippen molar-refractivity contribution in [1.29, 1.82) is 0 Å². The number of rotatable bonds is 9. The summed E-state index contributed by atoms with van der Waals surface area (Å²) in [5.41, 5.74) is 3.83. The van der Waals surface area contributed by atoms with Crippen molar-refractivity contribution in [3.63, 3.8) is 0 Å². The van der Waals surface area contributed by atoms with Gasteiger partial charge in [-0.3, -0.25) is 9.78 Å². The number of alkyl halides is 1. The summed E-state index contributed by atoms with van der Waals surface area (Å²) in [6, 6.07) is 1.75. The monoisotopic (exact) mass is 428 g/mol. The van der Waals surface area contributed by atoms with Crippen LogP contribution in [0.25, 0.3) is 16.9 Å². The van der Waals surface area contributed by atoms with Gasteiger partial charge in [-0.15, -0.1) is 0 Å². The van der Waals surface area contributed by atoms with Crippen LogP contribution in [-0.4, -0.2) is 56.0 Å². The SMILES string of the molecule is Cc1cnc2c(-c3cc(NCCC(C)O)c(C(=O)NCC(F)C(C)C)cn3)cnn2c1. The van der Waals surface area contributed by atoms with Gasteiger partial charge in [0.2, 0.25) is 0 Å². The number of anilines is 1. The molecular formula is C22H29FN6O2. The van der Waals surface area contributed by atoms with Crippen LogP contribution in [0.15, 0.2) is 30.9 Å². The van der Waals surface area contributed by atoms with E-state index in [1.807, 2.05) is 13.1 Å². The third-order valence-corrected chi connectivity index (χ3v) is 4.97. The average Bonchev–Trinajstić information content (AvgIpc) is 3.14. The van der Waals surface area contributed by atoms with Gasteiger partial charge in [0.05, 0.1) is 34.8 Å². The van der Waals surface area contributed by atoms with E-state index in [1.54, 1.807) is 43.7 Å². The Balaban J connectivity index is 1.91. The fourth-order valence-electron chi connectivity index (χ4n) is 3.02. The van der Waals surface area contributed by atoms with Gasteiger partial charge in [0, 0.05) is 31.7 Å². The van der Waals surface area contributed by atoms with E-state index in [-0.39, 0.29) is 12.5 Å². The number of carbonyl (C=O) groups is 1. The Bertz CT molecular complexity index is 1050. The lowest BCUT2D eigenvalue weighted by atomic mass is 10.1. The van der Waals surface area contributed by atoms with Gasteiger partial charge in [-0.2, -0.15) is 5.10 Å². The predicted octanol–water partition coefficient (Wildman–Crippen LogP) is 3.01. The molecule has 31 heavy (non-hydrogen) atoms. The van der Waals surface area contributed by atoms with Gasteiger partial charge >= 0.3 is 0 Å². The van der Waals surface area contributed by atoms with E-state index in [2.05, 4.69) is 25.7 Å². The maximum absolute atomic E-state index is 13.9. The molecule has 8 nitrogen and oxygen atoms in total. The highest BCUT2D eigenvalue weighted by atomic mass is 19.1. The van der Waals surface area contributed by atoms with Crippen LogP contribution in [-0.2, 0) is 0 Å². The van der Waals surface area contributed by atoms with E-state index in [0.717, 1.165) is 11.1 Å². The number of aromatic nitrogens is 4. The number of aliphatic hydroxyl groups excluding tert-OH is 1. The lowest BCUT2D eigenvalue weighted by Gasteiger charge is -2.16. The van der Waals surface area contributed by atoms with Crippen LogP contribution < -0.4 is 10.6 Å². The van der Waals surface area contributed by atoms with Crippen molar-refractivity contribution in [3.8, 4) is 11.3 Å². The van der Waals surface area contributed by atoms with Crippen molar-refractivity contribution in [3.05, 3.63) is 42.0 Å². The van der Waals surface area contributed by atoms with Gasteiger partial charge in [-0.25, -0.2) is 13.9 Å². The summed E-state index contributed by atoms with van der Waals surface area (Å²) in [4.78, 5) is 21.6. The van der Waals surface area contributed by atoms with Crippen LogP contribution in [0, 0.1) is 12.8 Å². The molecule has 0 spiro atoms. The zero-order valence-electron chi connectivity index (χ0n) is 18.3. The summed E-state index contributed by atoms with van der Waals surface area (Å²) in [6.45, 7) is 7.57. The normalized spacial score (nSPS) is 13.4. The molecule has 1 amide bonds. The number of amides is 1. The van der Waals surface area contributed by atoms with Gasteiger partial charge in [0.15, 0.2) is 5.65 Å². The van der Waals surface area contributed by atoms with Gasteiger partial charge in [0.25, 0.3) is 5.91 Å². The molecule has 2 atom stereocenters. The van der Waals surface area contributed by atoms with Crippen LogP contribution in [0.4, 0.5) is 10.1 Å². The van der Waals surface area contributed by atoms with Gasteiger partial charge in [0.1, 0.15) is 6.17 Å². The average molecular weight is 429 g/mol. The number of aliphatic hydroxyl groups is 1. The zero-order chi connectivity index (χ0) is 22.5. The molecule has 9 heteroatoms. The number of nitrogens with one attached hydrogen (secondary N) is 2. The Morgan fingerprint density at radius 1 is 1.23 bits per heavy atom. The van der Waals surface area contributed by atoms with E-state index in [9.17, 15) is 14.3 Å². The topological polar surface area (TPSA) is 104 Å². The van der Waals surface area contributed by atoms with Crippen LogP contribution in [0.2, 0.25) is 0 Å². The molecule has 166 valence electrons. The highest BCUT2D eigenvalue weighted by Crippen LogP contribution is 2.26. The Morgan fingerprint density at radius 2 is 2.00 bits per heavy atom. The van der Waals surface area contributed by atoms with Crippen molar-refractivity contribution < 1.29 is 14.3 Å². The summed E-state index contributed by atoms with van der Waals surface area (Å²) in [6.07, 6.45) is 5.68. The summed E-state index contributed by atoms with van der Waals surface area (Å²) >= 11 is 0. The van der Waals surface area contributed by atoms with Crippen molar-refractivity contribution in [2.45, 2.75) is 46.4 Å². The van der Waals surface area contributed by atoms with Crippen molar-refractivity contribution >= 4 is 17.2 Å². The number of nitrogens with zero attached hydrogens (tertiary/aromatic N) is 4. The Labute approximate surface area is 180 Å². The van der Waals surface area contributed by atoms with E-state index >= 15 is 0 Å². The second-order valence-corrected chi connectivity index (χ2v) is 8.11. The number of pyridine rings is 1. The minimum absolute atomic E-state index is 0.0668. The zero-order valence-corrected chi connectivity index (χ0v) is 18.3. The van der Waals surface area contributed by atoms with E-state index < -0.39 is 18.2 Å². The number of fused-ring (bicyclic) bond motifs is 1. The highest BCUT2D eigenvalue weighted by molar-refractivity contribution is 6.00. The molecule has 0 aliphatic heterocycles. The molecule has 0 saturated heterocycles. The highest BCUT2D eigenvalue weighted by Gasteiger charge is 2.18. The molecule has 0 aliphatic rings. The number of hydrogen-bond donors (Lipinski definition) is 3. The van der Waals surface area contributed by atoms with Crippen molar-refractivity contribution in [2.75, 3.05) is 18.4 Å². The largest absolute Gasteiger partial charge is 0.393 e. The van der Waals surface area contributed by atoms with Crippen molar-refractivity contribution in [2.24, 2.45) is 5.92 Å². The van der Waals surface area contributed by atoms with Gasteiger partial charge in [-0.1, -0.05) is 13.8 Å². The van der Waals surface area contributed by atoms with Crippen LogP contribution in [0.5, 0.6) is 0 Å². The van der Waals surface area contributed by atoms with Crippen LogP contribution >= 0.6 is 0 Å². The summed E-state index contributed by atoms with van der Waals surface area (Å²) in [7, 11) is 0. The molecule has 0 fully saturated rings. The summed E-state index contributed by atoms with van der Waals surface area (Å²) in [5, 5.41) is 19.7. The second kappa shape index (κ2) is 9.82. The maximum atomic E-state index is 13.9. The van der Waals surface area contributed by atoms with Gasteiger partial charge in [-0.05, 0) is 37.8 Å². The molecule has 0 saturated carbocycles. The fraction of sp³-hybridized carbons (Fsp3) is 0.455. The quantitative estimate of drug-likeness (QED) is 0.484. The predicted molar refractivity (Wildman–Crippen MR) is 118 cm³/mol. The minimum Gasteiger partial charge on any atom is -0.393 e. The molecule has 3 rings (SSSR count).